The van der Waals surface area contributed by atoms with Gasteiger partial charge in [0.15, 0.2) is 5.78 Å². The molecule has 2 aromatic rings. The highest BCUT2D eigenvalue weighted by atomic mass is 79.9. The van der Waals surface area contributed by atoms with E-state index in [4.69, 9.17) is 5.73 Å². The number of hydrogen-bond acceptors (Lipinski definition) is 4. The van der Waals surface area contributed by atoms with Crippen LogP contribution in [0.2, 0.25) is 0 Å². The van der Waals surface area contributed by atoms with Crippen molar-refractivity contribution in [2.24, 2.45) is 16.6 Å². The number of hydrogen-bond donors (Lipinski definition) is 2. The van der Waals surface area contributed by atoms with Crippen molar-refractivity contribution in [2.75, 3.05) is 13.1 Å². The Hall–Kier alpha value is -2.18. The average molecular weight is 423 g/mol. The molecule has 0 fully saturated rings. The summed E-state index contributed by atoms with van der Waals surface area (Å²) in [6.45, 7) is 0.972. The Morgan fingerprint density at radius 2 is 1.64 bits per heavy atom. The molecule has 1 heterocycles. The molecule has 2 aromatic carbocycles. The smallest absolute Gasteiger partial charge is 0.248 e. The number of carbonyl (C=O) groups is 2. The number of nitrogens with zero attached hydrogens (tertiary/aromatic N) is 1. The Balaban J connectivity index is 0.00000225. The molecule has 1 aliphatic heterocycles. The number of amides is 1. The number of nitrogens with two attached hydrogens (primary N) is 1. The maximum atomic E-state index is 12.5. The van der Waals surface area contributed by atoms with Gasteiger partial charge in [0, 0.05) is 27.7 Å². The average Bonchev–Trinajstić information content (AvgIpc) is 2.62. The highest BCUT2D eigenvalue weighted by Gasteiger charge is 2.23. The number of carbonyl (C=O) groups excluding carboxylic acids is 2. The van der Waals surface area contributed by atoms with Crippen LogP contribution >= 0.6 is 28.3 Å². The van der Waals surface area contributed by atoms with Gasteiger partial charge in [0.25, 0.3) is 0 Å². The van der Waals surface area contributed by atoms with Gasteiger partial charge in [0.1, 0.15) is 5.84 Å². The number of ketones is 1. The molecule has 7 heteroatoms. The van der Waals surface area contributed by atoms with Gasteiger partial charge in [0.2, 0.25) is 5.91 Å². The lowest BCUT2D eigenvalue weighted by Gasteiger charge is -2.22. The molecule has 130 valence electrons. The summed E-state index contributed by atoms with van der Waals surface area (Å²) in [6, 6.07) is 14.3. The Morgan fingerprint density at radius 1 is 1.04 bits per heavy atom. The molecule has 3 rings (SSSR count). The molecule has 0 aliphatic carbocycles. The molecule has 0 bridgehead atoms. The monoisotopic (exact) mass is 421 g/mol. The van der Waals surface area contributed by atoms with Crippen LogP contribution in [0, 0.1) is 5.92 Å². The van der Waals surface area contributed by atoms with E-state index in [1.54, 1.807) is 24.3 Å². The predicted molar refractivity (Wildman–Crippen MR) is 104 cm³/mol. The van der Waals surface area contributed by atoms with Crippen LogP contribution < -0.4 is 11.1 Å². The zero-order valence-corrected chi connectivity index (χ0v) is 15.6. The van der Waals surface area contributed by atoms with Crippen molar-refractivity contribution >= 4 is 45.9 Å². The summed E-state index contributed by atoms with van der Waals surface area (Å²) in [5.74, 6) is 0.174. The van der Waals surface area contributed by atoms with E-state index in [0.717, 1.165) is 15.9 Å². The number of rotatable bonds is 4. The van der Waals surface area contributed by atoms with Crippen molar-refractivity contribution in [3.8, 4) is 0 Å². The fourth-order valence-electron chi connectivity index (χ4n) is 2.55. The predicted octanol–water partition coefficient (Wildman–Crippen LogP) is 2.82. The normalized spacial score (nSPS) is 16.2. The van der Waals surface area contributed by atoms with Gasteiger partial charge in [-0.1, -0.05) is 40.2 Å². The zero-order chi connectivity index (χ0) is 17.1. The van der Waals surface area contributed by atoms with Crippen molar-refractivity contribution in [3.63, 3.8) is 0 Å². The van der Waals surface area contributed by atoms with Crippen molar-refractivity contribution in [3.05, 3.63) is 69.7 Å². The van der Waals surface area contributed by atoms with E-state index in [-0.39, 0.29) is 24.1 Å². The van der Waals surface area contributed by atoms with E-state index < -0.39 is 5.91 Å². The lowest BCUT2D eigenvalue weighted by atomic mass is 9.96. The zero-order valence-electron chi connectivity index (χ0n) is 13.2. The second-order valence-electron chi connectivity index (χ2n) is 5.58. The number of halogens is 2. The van der Waals surface area contributed by atoms with Crippen molar-refractivity contribution in [1.29, 1.82) is 0 Å². The summed E-state index contributed by atoms with van der Waals surface area (Å²) in [6.07, 6.45) is 0. The molecular formula is C18H17BrClN3O2. The quantitative estimate of drug-likeness (QED) is 0.743. The minimum atomic E-state index is -0.458. The highest BCUT2D eigenvalue weighted by Crippen LogP contribution is 2.16. The molecule has 1 aliphatic rings. The number of primary amides is 1. The fourth-order valence-corrected chi connectivity index (χ4v) is 2.82. The third-order valence-corrected chi connectivity index (χ3v) is 4.46. The number of amidine groups is 1. The van der Waals surface area contributed by atoms with Crippen LogP contribution in [0.5, 0.6) is 0 Å². The van der Waals surface area contributed by atoms with Gasteiger partial charge in [-0.05, 0) is 24.3 Å². The highest BCUT2D eigenvalue weighted by molar-refractivity contribution is 9.10. The first kappa shape index (κ1) is 19.1. The second kappa shape index (κ2) is 8.27. The van der Waals surface area contributed by atoms with Crippen LogP contribution in [0.15, 0.2) is 58.0 Å². The maximum Gasteiger partial charge on any atom is 0.248 e. The summed E-state index contributed by atoms with van der Waals surface area (Å²) in [5, 5.41) is 3.20. The summed E-state index contributed by atoms with van der Waals surface area (Å²) >= 11 is 3.36. The first-order valence-corrected chi connectivity index (χ1v) is 8.32. The summed E-state index contributed by atoms with van der Waals surface area (Å²) in [7, 11) is 0. The van der Waals surface area contributed by atoms with E-state index in [1.807, 2.05) is 24.3 Å². The van der Waals surface area contributed by atoms with E-state index in [9.17, 15) is 9.59 Å². The molecule has 0 spiro atoms. The van der Waals surface area contributed by atoms with E-state index in [1.165, 1.54) is 0 Å². The lowest BCUT2D eigenvalue weighted by molar-refractivity contribution is 0.0923. The van der Waals surface area contributed by atoms with Gasteiger partial charge < -0.3 is 11.1 Å². The molecule has 1 atom stereocenters. The maximum absolute atomic E-state index is 12.5. The standard InChI is InChI=1S/C18H16BrN3O2.ClH/c19-15-7-5-11(6-8-15)16(23)14-9-21-18(22-10-14)13-3-1-12(2-4-13)17(20)24;/h1-8,14H,9-10H2,(H2,20,24)(H,21,22);1H. The largest absolute Gasteiger partial charge is 0.369 e. The van der Waals surface area contributed by atoms with Gasteiger partial charge in [-0.3, -0.25) is 14.6 Å². The molecule has 0 saturated heterocycles. The van der Waals surface area contributed by atoms with Gasteiger partial charge in [-0.15, -0.1) is 12.4 Å². The molecule has 0 aromatic heterocycles. The number of nitrogens with one attached hydrogen (secondary N) is 1. The molecular weight excluding hydrogens is 406 g/mol. The van der Waals surface area contributed by atoms with Crippen LogP contribution in [0.3, 0.4) is 0 Å². The Labute approximate surface area is 160 Å². The summed E-state index contributed by atoms with van der Waals surface area (Å²) in [5.41, 5.74) is 7.25. The fraction of sp³-hybridized carbons (Fsp3) is 0.167. The Morgan fingerprint density at radius 3 is 2.16 bits per heavy atom. The molecule has 1 unspecified atom stereocenters. The second-order valence-corrected chi connectivity index (χ2v) is 6.50. The first-order valence-electron chi connectivity index (χ1n) is 7.53. The molecule has 25 heavy (non-hydrogen) atoms. The van der Waals surface area contributed by atoms with Crippen molar-refractivity contribution in [1.82, 2.24) is 5.32 Å². The lowest BCUT2D eigenvalue weighted by Crippen LogP contribution is -2.39. The van der Waals surface area contributed by atoms with Crippen molar-refractivity contribution in [2.45, 2.75) is 0 Å². The Bertz CT molecular complexity index is 804. The number of benzene rings is 2. The van der Waals surface area contributed by atoms with Crippen LogP contribution in [-0.4, -0.2) is 30.6 Å². The molecule has 3 N–H and O–H groups in total. The van der Waals surface area contributed by atoms with E-state index >= 15 is 0 Å². The summed E-state index contributed by atoms with van der Waals surface area (Å²) < 4.78 is 0.945. The number of aliphatic imine (C=N–C) groups is 1. The van der Waals surface area contributed by atoms with Gasteiger partial charge >= 0.3 is 0 Å². The van der Waals surface area contributed by atoms with E-state index in [0.29, 0.717) is 24.2 Å². The van der Waals surface area contributed by atoms with Crippen LogP contribution in [-0.2, 0) is 0 Å². The van der Waals surface area contributed by atoms with Gasteiger partial charge in [-0.2, -0.15) is 0 Å². The van der Waals surface area contributed by atoms with Crippen LogP contribution in [0.25, 0.3) is 0 Å². The van der Waals surface area contributed by atoms with Crippen LogP contribution in [0.4, 0.5) is 0 Å². The molecule has 1 amide bonds. The van der Waals surface area contributed by atoms with Gasteiger partial charge in [0.05, 0.1) is 12.5 Å². The van der Waals surface area contributed by atoms with E-state index in [2.05, 4.69) is 26.2 Å². The Kier molecular flexibility index (Phi) is 6.33. The minimum Gasteiger partial charge on any atom is -0.369 e. The topological polar surface area (TPSA) is 84.6 Å². The first-order chi connectivity index (χ1) is 11.5. The summed E-state index contributed by atoms with van der Waals surface area (Å²) in [4.78, 5) is 28.1. The third-order valence-electron chi connectivity index (χ3n) is 3.93. The number of Topliss-reactive ketones (excluding diaryl/α,β-unsaturated/α-hetero) is 1. The van der Waals surface area contributed by atoms with Gasteiger partial charge in [-0.25, -0.2) is 0 Å². The van der Waals surface area contributed by atoms with Crippen molar-refractivity contribution < 1.29 is 9.59 Å². The molecule has 0 saturated carbocycles. The minimum absolute atomic E-state index is 0. The third kappa shape index (κ3) is 4.46. The van der Waals surface area contributed by atoms with Crippen LogP contribution in [0.1, 0.15) is 26.3 Å². The molecule has 5 nitrogen and oxygen atoms in total. The molecule has 0 radical (unpaired) electrons. The SMILES string of the molecule is Cl.NC(=O)c1ccc(C2=NCC(C(=O)c3ccc(Br)cc3)CN2)cc1.